The van der Waals surface area contributed by atoms with Crippen molar-refractivity contribution in [1.29, 1.82) is 0 Å². The molecule has 7 heteroatoms. The first kappa shape index (κ1) is 17.3. The van der Waals surface area contributed by atoms with Gasteiger partial charge in [-0.3, -0.25) is 14.4 Å². The third-order valence-corrected chi connectivity index (χ3v) is 3.99. The second-order valence-electron chi connectivity index (χ2n) is 5.81. The second kappa shape index (κ2) is 7.60. The summed E-state index contributed by atoms with van der Waals surface area (Å²) >= 11 is 0. The van der Waals surface area contributed by atoms with E-state index < -0.39 is 17.9 Å². The Bertz CT molecular complexity index is 850. The standard InChI is InChI=1S/C19H18N4O3/c20-18(25)17(13-7-3-1-4-8-13)21-19(26)15-11-12-16(24)23(22-15)14-9-5-2-6-10-14/h1-10,17H,11-12H2,(H2,20,25)(H,21,26). The van der Waals surface area contributed by atoms with E-state index in [0.29, 0.717) is 11.3 Å². The maximum atomic E-state index is 12.6. The zero-order valence-electron chi connectivity index (χ0n) is 14.0. The average molecular weight is 350 g/mol. The number of carbonyl (C=O) groups excluding carboxylic acids is 3. The van der Waals surface area contributed by atoms with Crippen LogP contribution in [0.15, 0.2) is 65.8 Å². The predicted molar refractivity (Wildman–Crippen MR) is 97.1 cm³/mol. The molecule has 7 nitrogen and oxygen atoms in total. The maximum Gasteiger partial charge on any atom is 0.268 e. The molecule has 1 heterocycles. The van der Waals surface area contributed by atoms with Crippen molar-refractivity contribution in [2.75, 3.05) is 5.01 Å². The van der Waals surface area contributed by atoms with Gasteiger partial charge >= 0.3 is 0 Å². The second-order valence-corrected chi connectivity index (χ2v) is 5.81. The molecular weight excluding hydrogens is 332 g/mol. The molecular formula is C19H18N4O3. The fourth-order valence-electron chi connectivity index (χ4n) is 2.67. The Balaban J connectivity index is 1.82. The summed E-state index contributed by atoms with van der Waals surface area (Å²) in [7, 11) is 0. The Morgan fingerprint density at radius 3 is 2.23 bits per heavy atom. The summed E-state index contributed by atoms with van der Waals surface area (Å²) in [5, 5.41) is 7.99. The predicted octanol–water partition coefficient (Wildman–Crippen LogP) is 1.51. The number of hydrogen-bond acceptors (Lipinski definition) is 4. The van der Waals surface area contributed by atoms with Crippen molar-refractivity contribution in [2.45, 2.75) is 18.9 Å². The molecule has 1 aliphatic heterocycles. The molecule has 0 fully saturated rings. The molecule has 0 radical (unpaired) electrons. The van der Waals surface area contributed by atoms with Crippen LogP contribution in [-0.4, -0.2) is 23.4 Å². The van der Waals surface area contributed by atoms with Gasteiger partial charge in [0.05, 0.1) is 5.69 Å². The highest BCUT2D eigenvalue weighted by Crippen LogP contribution is 2.20. The monoisotopic (exact) mass is 350 g/mol. The van der Waals surface area contributed by atoms with Crippen LogP contribution in [0.2, 0.25) is 0 Å². The van der Waals surface area contributed by atoms with Gasteiger partial charge in [-0.25, -0.2) is 5.01 Å². The zero-order valence-corrected chi connectivity index (χ0v) is 14.0. The Hall–Kier alpha value is -3.48. The highest BCUT2D eigenvalue weighted by molar-refractivity contribution is 6.40. The van der Waals surface area contributed by atoms with E-state index in [1.165, 1.54) is 5.01 Å². The minimum Gasteiger partial charge on any atom is -0.368 e. The summed E-state index contributed by atoms with van der Waals surface area (Å²) in [6.07, 6.45) is 0.363. The van der Waals surface area contributed by atoms with Crippen LogP contribution in [0.3, 0.4) is 0 Å². The molecule has 3 rings (SSSR count). The van der Waals surface area contributed by atoms with Gasteiger partial charge in [-0.15, -0.1) is 0 Å². The normalized spacial score (nSPS) is 15.2. The number of para-hydroxylation sites is 1. The van der Waals surface area contributed by atoms with Crippen LogP contribution in [0.5, 0.6) is 0 Å². The summed E-state index contributed by atoms with van der Waals surface area (Å²) in [5.41, 5.74) is 6.77. The fourth-order valence-corrected chi connectivity index (χ4v) is 2.67. The third-order valence-electron chi connectivity index (χ3n) is 3.99. The Morgan fingerprint density at radius 1 is 1.00 bits per heavy atom. The number of benzene rings is 2. The van der Waals surface area contributed by atoms with E-state index in [4.69, 9.17) is 5.73 Å². The molecule has 3 N–H and O–H groups in total. The highest BCUT2D eigenvalue weighted by atomic mass is 16.2. The van der Waals surface area contributed by atoms with Crippen LogP contribution in [0.1, 0.15) is 24.4 Å². The van der Waals surface area contributed by atoms with E-state index in [1.807, 2.05) is 6.07 Å². The van der Waals surface area contributed by atoms with Crippen LogP contribution in [0.25, 0.3) is 0 Å². The van der Waals surface area contributed by atoms with Crippen molar-refractivity contribution >= 4 is 29.1 Å². The number of nitrogens with one attached hydrogen (secondary N) is 1. The lowest BCUT2D eigenvalue weighted by Gasteiger charge is -2.24. The first-order chi connectivity index (χ1) is 12.6. The van der Waals surface area contributed by atoms with E-state index in [2.05, 4.69) is 10.4 Å². The lowest BCUT2D eigenvalue weighted by Crippen LogP contribution is -2.43. The number of anilines is 1. The summed E-state index contributed by atoms with van der Waals surface area (Å²) in [6.45, 7) is 0. The minimum absolute atomic E-state index is 0.160. The first-order valence-corrected chi connectivity index (χ1v) is 8.17. The number of hydrogen-bond donors (Lipinski definition) is 2. The van der Waals surface area contributed by atoms with Gasteiger partial charge in [-0.1, -0.05) is 48.5 Å². The Labute approximate surface area is 150 Å². The molecule has 0 saturated heterocycles. The highest BCUT2D eigenvalue weighted by Gasteiger charge is 2.28. The van der Waals surface area contributed by atoms with Gasteiger partial charge in [0, 0.05) is 12.8 Å². The number of hydrazone groups is 1. The van der Waals surface area contributed by atoms with Gasteiger partial charge < -0.3 is 11.1 Å². The fraction of sp³-hybridized carbons (Fsp3) is 0.158. The molecule has 1 atom stereocenters. The number of nitrogens with zero attached hydrogens (tertiary/aromatic N) is 2. The molecule has 3 amide bonds. The summed E-state index contributed by atoms with van der Waals surface area (Å²) in [4.78, 5) is 36.5. The van der Waals surface area contributed by atoms with Crippen LogP contribution in [0, 0.1) is 0 Å². The molecule has 1 aliphatic rings. The molecule has 1 unspecified atom stereocenters. The molecule has 0 bridgehead atoms. The van der Waals surface area contributed by atoms with Gasteiger partial charge in [-0.05, 0) is 17.7 Å². The lowest BCUT2D eigenvalue weighted by molar-refractivity contribution is -0.124. The smallest absolute Gasteiger partial charge is 0.268 e. The van der Waals surface area contributed by atoms with Crippen molar-refractivity contribution in [3.05, 3.63) is 66.2 Å². The number of carbonyl (C=O) groups is 3. The minimum atomic E-state index is -0.964. The molecule has 0 aromatic heterocycles. The number of nitrogens with two attached hydrogens (primary N) is 1. The SMILES string of the molecule is NC(=O)C(NC(=O)C1=NN(c2ccccc2)C(=O)CC1)c1ccccc1. The number of primary amides is 1. The van der Waals surface area contributed by atoms with E-state index >= 15 is 0 Å². The summed E-state index contributed by atoms with van der Waals surface area (Å²) in [5.74, 6) is -1.38. The van der Waals surface area contributed by atoms with E-state index in [0.717, 1.165) is 0 Å². The number of rotatable bonds is 5. The molecule has 2 aromatic rings. The van der Waals surface area contributed by atoms with Gasteiger partial charge in [0.2, 0.25) is 11.8 Å². The Kier molecular flexibility index (Phi) is 5.07. The molecule has 0 aliphatic carbocycles. The lowest BCUT2D eigenvalue weighted by atomic mass is 10.1. The van der Waals surface area contributed by atoms with E-state index in [-0.39, 0.29) is 24.5 Å². The van der Waals surface area contributed by atoms with Crippen molar-refractivity contribution in [1.82, 2.24) is 5.32 Å². The van der Waals surface area contributed by atoms with Crippen molar-refractivity contribution in [3.8, 4) is 0 Å². The topological polar surface area (TPSA) is 105 Å². The van der Waals surface area contributed by atoms with Gasteiger partial charge in [0.15, 0.2) is 0 Å². The van der Waals surface area contributed by atoms with E-state index in [9.17, 15) is 14.4 Å². The quantitative estimate of drug-likeness (QED) is 0.854. The first-order valence-electron chi connectivity index (χ1n) is 8.17. The maximum absolute atomic E-state index is 12.6. The van der Waals surface area contributed by atoms with Crippen LogP contribution in [0.4, 0.5) is 5.69 Å². The molecule has 0 spiro atoms. The van der Waals surface area contributed by atoms with Gasteiger partial charge in [-0.2, -0.15) is 5.10 Å². The molecule has 0 saturated carbocycles. The molecule has 26 heavy (non-hydrogen) atoms. The van der Waals surface area contributed by atoms with Crippen LogP contribution in [-0.2, 0) is 14.4 Å². The molecule has 2 aromatic carbocycles. The van der Waals surface area contributed by atoms with Gasteiger partial charge in [0.1, 0.15) is 11.8 Å². The zero-order chi connectivity index (χ0) is 18.5. The summed E-state index contributed by atoms with van der Waals surface area (Å²) in [6, 6.07) is 16.6. The van der Waals surface area contributed by atoms with Crippen molar-refractivity contribution in [2.24, 2.45) is 10.8 Å². The van der Waals surface area contributed by atoms with Crippen molar-refractivity contribution in [3.63, 3.8) is 0 Å². The third kappa shape index (κ3) is 3.77. The van der Waals surface area contributed by atoms with Crippen LogP contribution < -0.4 is 16.1 Å². The van der Waals surface area contributed by atoms with E-state index in [1.54, 1.807) is 54.6 Å². The van der Waals surface area contributed by atoms with Crippen molar-refractivity contribution < 1.29 is 14.4 Å². The number of amides is 3. The summed E-state index contributed by atoms with van der Waals surface area (Å²) < 4.78 is 0. The molecule has 132 valence electrons. The average Bonchev–Trinajstić information content (AvgIpc) is 2.67. The van der Waals surface area contributed by atoms with Crippen LogP contribution >= 0.6 is 0 Å². The van der Waals surface area contributed by atoms with Gasteiger partial charge in [0.25, 0.3) is 5.91 Å². The largest absolute Gasteiger partial charge is 0.368 e. The Morgan fingerprint density at radius 2 is 1.62 bits per heavy atom.